The molecule has 0 fully saturated rings. The maximum Gasteiger partial charge on any atom is 0.125 e. The first kappa shape index (κ1) is 22.7. The highest BCUT2D eigenvalue weighted by Crippen LogP contribution is 2.24. The van der Waals surface area contributed by atoms with Gasteiger partial charge in [-0.15, -0.1) is 0 Å². The zero-order valence-electron chi connectivity index (χ0n) is 16.5. The van der Waals surface area contributed by atoms with E-state index in [1.54, 1.807) is 0 Å². The van der Waals surface area contributed by atoms with Crippen molar-refractivity contribution in [3.05, 3.63) is 40.7 Å². The Kier molecular flexibility index (Phi) is 8.82. The second-order valence-electron chi connectivity index (χ2n) is 7.41. The highest BCUT2D eigenvalue weighted by atomic mass is 19.1. The zero-order valence-corrected chi connectivity index (χ0v) is 16.5. The van der Waals surface area contributed by atoms with Crippen molar-refractivity contribution >= 4 is 0 Å². The molecular weight excluding hydrogens is 368 g/mol. The van der Waals surface area contributed by atoms with E-state index in [0.29, 0.717) is 13.2 Å². The van der Waals surface area contributed by atoms with Gasteiger partial charge in [-0.25, -0.2) is 8.78 Å². The van der Waals surface area contributed by atoms with E-state index in [1.807, 2.05) is 13.8 Å². The van der Waals surface area contributed by atoms with Gasteiger partial charge in [-0.2, -0.15) is 0 Å². The van der Waals surface area contributed by atoms with Crippen molar-refractivity contribution < 1.29 is 28.8 Å². The van der Waals surface area contributed by atoms with Gasteiger partial charge < -0.3 is 25.4 Å². The van der Waals surface area contributed by atoms with E-state index in [2.05, 4.69) is 5.32 Å². The number of halogens is 2. The van der Waals surface area contributed by atoms with Gasteiger partial charge in [0.25, 0.3) is 0 Å². The molecule has 0 aliphatic heterocycles. The lowest BCUT2D eigenvalue weighted by Crippen LogP contribution is -2.54. The molecule has 2 rings (SSSR count). The summed E-state index contributed by atoms with van der Waals surface area (Å²) in [5, 5.41) is 32.5. The van der Waals surface area contributed by atoms with Crippen molar-refractivity contribution in [1.29, 1.82) is 0 Å². The lowest BCUT2D eigenvalue weighted by molar-refractivity contribution is -0.0628. The van der Waals surface area contributed by atoms with Crippen LogP contribution in [0.15, 0.2) is 23.8 Å². The van der Waals surface area contributed by atoms with Crippen LogP contribution < -0.4 is 10.1 Å². The summed E-state index contributed by atoms with van der Waals surface area (Å²) in [7, 11) is 0. The van der Waals surface area contributed by atoms with Crippen molar-refractivity contribution in [2.75, 3.05) is 19.8 Å². The van der Waals surface area contributed by atoms with Gasteiger partial charge in [-0.1, -0.05) is 18.9 Å². The van der Waals surface area contributed by atoms with Crippen molar-refractivity contribution in [2.45, 2.75) is 63.9 Å². The topological polar surface area (TPSA) is 82.0 Å². The SMILES string of the molecule is Cc1cc(F)cc(C)c1OCCCCCCN[C@@H]1C=C(CF)[C@H](O)[C@H](O)[C@H]1O. The Bertz CT molecular complexity index is 645. The Labute approximate surface area is 165 Å². The molecule has 5 nitrogen and oxygen atoms in total. The Hall–Kier alpha value is -1.54. The van der Waals surface area contributed by atoms with Crippen LogP contribution in [0.4, 0.5) is 8.78 Å². The third kappa shape index (κ3) is 5.98. The number of unbranched alkanes of at least 4 members (excludes halogenated alkanes) is 3. The number of benzene rings is 1. The summed E-state index contributed by atoms with van der Waals surface area (Å²) in [6.07, 6.45) is 1.19. The second kappa shape index (κ2) is 10.9. The van der Waals surface area contributed by atoms with Gasteiger partial charge in [0, 0.05) is 0 Å². The van der Waals surface area contributed by atoms with E-state index in [-0.39, 0.29) is 11.4 Å². The monoisotopic (exact) mass is 399 g/mol. The minimum Gasteiger partial charge on any atom is -0.493 e. The number of hydrogen-bond acceptors (Lipinski definition) is 5. The molecule has 1 aromatic rings. The molecule has 0 saturated heterocycles. The first-order valence-electron chi connectivity index (χ1n) is 9.78. The molecule has 0 saturated carbocycles. The van der Waals surface area contributed by atoms with E-state index in [0.717, 1.165) is 42.6 Å². The molecule has 0 radical (unpaired) electrons. The van der Waals surface area contributed by atoms with Gasteiger partial charge in [0.05, 0.1) is 12.6 Å². The Morgan fingerprint density at radius 1 is 1.00 bits per heavy atom. The minimum atomic E-state index is -1.39. The third-order valence-electron chi connectivity index (χ3n) is 5.09. The predicted molar refractivity (Wildman–Crippen MR) is 104 cm³/mol. The molecule has 0 bridgehead atoms. The third-order valence-corrected chi connectivity index (χ3v) is 5.09. The van der Waals surface area contributed by atoms with E-state index < -0.39 is 31.0 Å². The first-order valence-corrected chi connectivity index (χ1v) is 9.78. The molecule has 0 amide bonds. The molecule has 4 N–H and O–H groups in total. The molecule has 1 aromatic carbocycles. The molecule has 0 heterocycles. The molecule has 0 aromatic heterocycles. The average molecular weight is 399 g/mol. The Morgan fingerprint density at radius 2 is 1.64 bits per heavy atom. The van der Waals surface area contributed by atoms with Crippen molar-refractivity contribution in [1.82, 2.24) is 5.32 Å². The van der Waals surface area contributed by atoms with Crippen LogP contribution >= 0.6 is 0 Å². The molecule has 4 atom stereocenters. The van der Waals surface area contributed by atoms with Crippen LogP contribution in [-0.2, 0) is 0 Å². The van der Waals surface area contributed by atoms with E-state index in [1.165, 1.54) is 18.2 Å². The largest absolute Gasteiger partial charge is 0.493 e. The van der Waals surface area contributed by atoms with Gasteiger partial charge in [0.15, 0.2) is 0 Å². The van der Waals surface area contributed by atoms with Crippen LogP contribution in [0.25, 0.3) is 0 Å². The molecule has 1 aliphatic rings. The number of nitrogens with one attached hydrogen (secondary N) is 1. The van der Waals surface area contributed by atoms with Crippen molar-refractivity contribution in [3.8, 4) is 5.75 Å². The minimum absolute atomic E-state index is 0.0961. The fourth-order valence-corrected chi connectivity index (χ4v) is 3.50. The van der Waals surface area contributed by atoms with E-state index in [9.17, 15) is 24.1 Å². The predicted octanol–water partition coefficient (Wildman–Crippen LogP) is 2.33. The lowest BCUT2D eigenvalue weighted by Gasteiger charge is -2.34. The Morgan fingerprint density at radius 3 is 2.29 bits per heavy atom. The molecular formula is C21H31F2NO4. The van der Waals surface area contributed by atoms with Crippen molar-refractivity contribution in [3.63, 3.8) is 0 Å². The summed E-state index contributed by atoms with van der Waals surface area (Å²) in [5.74, 6) is 0.485. The first-order chi connectivity index (χ1) is 13.3. The van der Waals surface area contributed by atoms with Crippen LogP contribution in [0.1, 0.15) is 36.8 Å². The number of aryl methyl sites for hydroxylation is 2. The van der Waals surface area contributed by atoms with Crippen LogP contribution in [0, 0.1) is 19.7 Å². The summed E-state index contributed by atoms with van der Waals surface area (Å²) in [6.45, 7) is 3.98. The number of aliphatic hydroxyl groups excluding tert-OH is 3. The lowest BCUT2D eigenvalue weighted by atomic mass is 9.88. The van der Waals surface area contributed by atoms with Crippen molar-refractivity contribution in [2.24, 2.45) is 0 Å². The molecule has 1 aliphatic carbocycles. The normalized spacial score (nSPS) is 24.9. The number of rotatable bonds is 10. The van der Waals surface area contributed by atoms with E-state index >= 15 is 0 Å². The smallest absolute Gasteiger partial charge is 0.125 e. The number of alkyl halides is 1. The van der Waals surface area contributed by atoms with Gasteiger partial charge in [-0.3, -0.25) is 0 Å². The highest BCUT2D eigenvalue weighted by molar-refractivity contribution is 5.40. The molecule has 0 unspecified atom stereocenters. The van der Waals surface area contributed by atoms with Gasteiger partial charge in [-0.05, 0) is 62.1 Å². The fourth-order valence-electron chi connectivity index (χ4n) is 3.50. The standard InChI is InChI=1S/C21H31F2NO4/c1-13-9-16(23)10-14(2)21(13)28-8-6-4-3-5-7-24-17-11-15(12-22)18(25)20(27)19(17)26/h9-11,17-20,24-27H,3-8,12H2,1-2H3/t17-,18+,19+,20+/m1/s1. The number of ether oxygens (including phenoxy) is 1. The van der Waals surface area contributed by atoms with Gasteiger partial charge in [0.2, 0.25) is 0 Å². The van der Waals surface area contributed by atoms with Crippen LogP contribution in [0.5, 0.6) is 5.75 Å². The molecule has 158 valence electrons. The van der Waals surface area contributed by atoms with Gasteiger partial charge >= 0.3 is 0 Å². The second-order valence-corrected chi connectivity index (χ2v) is 7.41. The van der Waals surface area contributed by atoms with Crippen LogP contribution in [-0.4, -0.2) is 59.5 Å². The maximum atomic E-state index is 13.3. The summed E-state index contributed by atoms with van der Waals surface area (Å²) in [4.78, 5) is 0. The molecule has 28 heavy (non-hydrogen) atoms. The quantitative estimate of drug-likeness (QED) is 0.359. The summed E-state index contributed by atoms with van der Waals surface area (Å²) >= 11 is 0. The summed E-state index contributed by atoms with van der Waals surface area (Å²) in [6, 6.07) is 2.36. The number of hydrogen-bond donors (Lipinski definition) is 4. The molecule has 7 heteroatoms. The van der Waals surface area contributed by atoms with Gasteiger partial charge in [0.1, 0.15) is 36.6 Å². The highest BCUT2D eigenvalue weighted by Gasteiger charge is 2.36. The Balaban J connectivity index is 1.63. The summed E-state index contributed by atoms with van der Waals surface area (Å²) in [5.41, 5.74) is 1.68. The van der Waals surface area contributed by atoms with Crippen LogP contribution in [0.3, 0.4) is 0 Å². The zero-order chi connectivity index (χ0) is 20.7. The van der Waals surface area contributed by atoms with Crippen LogP contribution in [0.2, 0.25) is 0 Å². The maximum absolute atomic E-state index is 13.3. The molecule has 0 spiro atoms. The fraction of sp³-hybridized carbons (Fsp3) is 0.619. The van der Waals surface area contributed by atoms with E-state index in [4.69, 9.17) is 4.74 Å². The summed E-state index contributed by atoms with van der Waals surface area (Å²) < 4.78 is 31.9. The number of aliphatic hydroxyl groups is 3. The average Bonchev–Trinajstić information content (AvgIpc) is 2.65.